The molecule has 134 valence electrons. The monoisotopic (exact) mass is 386 g/mol. The van der Waals surface area contributed by atoms with Gasteiger partial charge in [0.25, 0.3) is 11.8 Å². The van der Waals surface area contributed by atoms with Gasteiger partial charge in [-0.15, -0.1) is 11.3 Å². The Balaban J connectivity index is 1.69. The van der Waals surface area contributed by atoms with Gasteiger partial charge in [0.1, 0.15) is 4.88 Å². The Morgan fingerprint density at radius 3 is 2.46 bits per heavy atom. The van der Waals surface area contributed by atoms with Gasteiger partial charge in [0.2, 0.25) is 0 Å². The number of nitrogens with one attached hydrogen (secondary N) is 2. The van der Waals surface area contributed by atoms with E-state index < -0.39 is 0 Å². The lowest BCUT2D eigenvalue weighted by atomic mass is 10.2. The number of hydrogen-bond acceptors (Lipinski definition) is 3. The first-order valence-electron chi connectivity index (χ1n) is 8.46. The Kier molecular flexibility index (Phi) is 5.91. The van der Waals surface area contributed by atoms with Crippen LogP contribution < -0.4 is 10.6 Å². The minimum Gasteiger partial charge on any atom is -0.352 e. The van der Waals surface area contributed by atoms with Gasteiger partial charge in [-0.2, -0.15) is 0 Å². The van der Waals surface area contributed by atoms with E-state index in [0.717, 1.165) is 22.9 Å². The van der Waals surface area contributed by atoms with Crippen LogP contribution in [0.1, 0.15) is 39.8 Å². The van der Waals surface area contributed by atoms with E-state index in [1.807, 2.05) is 24.3 Å². The quantitative estimate of drug-likeness (QED) is 0.562. The van der Waals surface area contributed by atoms with Crippen LogP contribution in [0.25, 0.3) is 10.1 Å². The van der Waals surface area contributed by atoms with Crippen molar-refractivity contribution in [2.75, 3.05) is 11.9 Å². The number of carbonyl (C=O) groups is 2. The first-order chi connectivity index (χ1) is 12.6. The normalized spacial score (nSPS) is 10.7. The van der Waals surface area contributed by atoms with Crippen molar-refractivity contribution in [2.24, 2.45) is 0 Å². The van der Waals surface area contributed by atoms with Crippen LogP contribution in [0.2, 0.25) is 5.02 Å². The summed E-state index contributed by atoms with van der Waals surface area (Å²) in [6.07, 6.45) is 1.99. The molecule has 0 radical (unpaired) electrons. The SMILES string of the molecule is CCCCNC(=O)c1ccc(NC(=O)c2sc3ccccc3c2Cl)cc1. The molecule has 2 amide bonds. The van der Waals surface area contributed by atoms with Crippen LogP contribution >= 0.6 is 22.9 Å². The number of amides is 2. The van der Waals surface area contributed by atoms with E-state index in [4.69, 9.17) is 11.6 Å². The summed E-state index contributed by atoms with van der Waals surface area (Å²) >= 11 is 7.70. The Hall–Kier alpha value is -2.37. The molecule has 0 saturated carbocycles. The minimum atomic E-state index is -0.253. The van der Waals surface area contributed by atoms with Crippen molar-refractivity contribution in [1.82, 2.24) is 5.32 Å². The molecule has 3 aromatic rings. The molecule has 0 aliphatic carbocycles. The summed E-state index contributed by atoms with van der Waals surface area (Å²) in [6, 6.07) is 14.5. The van der Waals surface area contributed by atoms with E-state index in [-0.39, 0.29) is 11.8 Å². The summed E-state index contributed by atoms with van der Waals surface area (Å²) in [5.41, 5.74) is 1.19. The third kappa shape index (κ3) is 4.06. The van der Waals surface area contributed by atoms with Crippen LogP contribution in [-0.4, -0.2) is 18.4 Å². The van der Waals surface area contributed by atoms with Gasteiger partial charge in [-0.05, 0) is 36.8 Å². The number of halogens is 1. The molecular formula is C20H19ClN2O2S. The topological polar surface area (TPSA) is 58.2 Å². The predicted octanol–water partition coefficient (Wildman–Crippen LogP) is 5.34. The molecule has 0 aliphatic rings. The first kappa shape index (κ1) is 18.4. The highest BCUT2D eigenvalue weighted by atomic mass is 35.5. The molecule has 0 bridgehead atoms. The lowest BCUT2D eigenvalue weighted by Gasteiger charge is -2.07. The van der Waals surface area contributed by atoms with E-state index in [0.29, 0.717) is 27.7 Å². The lowest BCUT2D eigenvalue weighted by Crippen LogP contribution is -2.24. The zero-order valence-corrected chi connectivity index (χ0v) is 15.9. The fraction of sp³-hybridized carbons (Fsp3) is 0.200. The molecule has 0 fully saturated rings. The van der Waals surface area contributed by atoms with Gasteiger partial charge in [-0.25, -0.2) is 0 Å². The summed E-state index contributed by atoms with van der Waals surface area (Å²) in [6.45, 7) is 2.74. The van der Waals surface area contributed by atoms with Crippen molar-refractivity contribution in [1.29, 1.82) is 0 Å². The average molecular weight is 387 g/mol. The highest BCUT2D eigenvalue weighted by molar-refractivity contribution is 7.21. The maximum absolute atomic E-state index is 12.5. The zero-order chi connectivity index (χ0) is 18.5. The fourth-order valence-corrected chi connectivity index (χ4v) is 3.95. The molecular weight excluding hydrogens is 368 g/mol. The second-order valence-corrected chi connectivity index (χ2v) is 7.31. The molecule has 0 aliphatic heterocycles. The van der Waals surface area contributed by atoms with Gasteiger partial charge in [0.15, 0.2) is 0 Å². The van der Waals surface area contributed by atoms with E-state index >= 15 is 0 Å². The molecule has 26 heavy (non-hydrogen) atoms. The van der Waals surface area contributed by atoms with Crippen molar-refractivity contribution < 1.29 is 9.59 Å². The van der Waals surface area contributed by atoms with Crippen LogP contribution in [-0.2, 0) is 0 Å². The van der Waals surface area contributed by atoms with Crippen molar-refractivity contribution in [3.8, 4) is 0 Å². The van der Waals surface area contributed by atoms with E-state index in [1.165, 1.54) is 11.3 Å². The molecule has 2 aromatic carbocycles. The van der Waals surface area contributed by atoms with E-state index in [9.17, 15) is 9.59 Å². The first-order valence-corrected chi connectivity index (χ1v) is 9.66. The Bertz CT molecular complexity index is 935. The third-order valence-corrected chi connectivity index (χ3v) is 5.64. The van der Waals surface area contributed by atoms with Crippen molar-refractivity contribution in [3.05, 3.63) is 64.0 Å². The average Bonchev–Trinajstić information content (AvgIpc) is 3.00. The summed E-state index contributed by atoms with van der Waals surface area (Å²) < 4.78 is 0.974. The van der Waals surface area contributed by atoms with Gasteiger partial charge in [-0.3, -0.25) is 9.59 Å². The number of anilines is 1. The van der Waals surface area contributed by atoms with E-state index in [2.05, 4.69) is 17.6 Å². The van der Waals surface area contributed by atoms with Crippen LogP contribution in [0.3, 0.4) is 0 Å². The number of hydrogen-bond donors (Lipinski definition) is 2. The summed E-state index contributed by atoms with van der Waals surface area (Å²) in [5, 5.41) is 7.05. The molecule has 1 aromatic heterocycles. The minimum absolute atomic E-state index is 0.108. The number of benzene rings is 2. The van der Waals surface area contributed by atoms with Gasteiger partial charge in [-0.1, -0.05) is 43.1 Å². The number of carbonyl (C=O) groups excluding carboxylic acids is 2. The molecule has 0 saturated heterocycles. The molecule has 6 heteroatoms. The van der Waals surface area contributed by atoms with Gasteiger partial charge >= 0.3 is 0 Å². The maximum atomic E-state index is 12.5. The number of thiophene rings is 1. The fourth-order valence-electron chi connectivity index (χ4n) is 2.53. The second-order valence-electron chi connectivity index (χ2n) is 5.88. The Morgan fingerprint density at radius 2 is 1.77 bits per heavy atom. The van der Waals surface area contributed by atoms with Gasteiger partial charge < -0.3 is 10.6 Å². The van der Waals surface area contributed by atoms with E-state index in [1.54, 1.807) is 24.3 Å². The summed E-state index contributed by atoms with van der Waals surface area (Å²) in [5.74, 6) is -0.361. The predicted molar refractivity (Wildman–Crippen MR) is 108 cm³/mol. The standard InChI is InChI=1S/C20H19ClN2O2S/c1-2-3-12-22-19(24)13-8-10-14(11-9-13)23-20(25)18-17(21)15-6-4-5-7-16(15)26-18/h4-11H,2-3,12H2,1H3,(H,22,24)(H,23,25). The van der Waals surface area contributed by atoms with Crippen molar-refractivity contribution in [3.63, 3.8) is 0 Å². The molecule has 2 N–H and O–H groups in total. The van der Waals surface area contributed by atoms with Gasteiger partial charge in [0, 0.05) is 27.9 Å². The number of rotatable bonds is 6. The third-order valence-electron chi connectivity index (χ3n) is 3.96. The molecule has 1 heterocycles. The smallest absolute Gasteiger partial charge is 0.267 e. The Morgan fingerprint density at radius 1 is 1.04 bits per heavy atom. The lowest BCUT2D eigenvalue weighted by molar-refractivity contribution is 0.0952. The maximum Gasteiger partial charge on any atom is 0.267 e. The highest BCUT2D eigenvalue weighted by Gasteiger charge is 2.17. The number of fused-ring (bicyclic) bond motifs is 1. The summed E-state index contributed by atoms with van der Waals surface area (Å²) in [4.78, 5) is 25.0. The largest absolute Gasteiger partial charge is 0.352 e. The zero-order valence-electron chi connectivity index (χ0n) is 14.3. The molecule has 0 unspecified atom stereocenters. The number of unbranched alkanes of at least 4 members (excludes halogenated alkanes) is 1. The van der Waals surface area contributed by atoms with Crippen molar-refractivity contribution in [2.45, 2.75) is 19.8 Å². The van der Waals surface area contributed by atoms with Gasteiger partial charge in [0.05, 0.1) is 5.02 Å². The van der Waals surface area contributed by atoms with Crippen molar-refractivity contribution >= 4 is 50.5 Å². The van der Waals surface area contributed by atoms with Crippen LogP contribution in [0.5, 0.6) is 0 Å². The highest BCUT2D eigenvalue weighted by Crippen LogP contribution is 2.35. The molecule has 4 nitrogen and oxygen atoms in total. The van der Waals surface area contributed by atoms with Crippen LogP contribution in [0, 0.1) is 0 Å². The molecule has 3 rings (SSSR count). The molecule has 0 spiro atoms. The molecule has 0 atom stereocenters. The van der Waals surface area contributed by atoms with Crippen LogP contribution in [0.15, 0.2) is 48.5 Å². The van der Waals surface area contributed by atoms with Crippen LogP contribution in [0.4, 0.5) is 5.69 Å². The Labute approximate surface area is 161 Å². The second kappa shape index (κ2) is 8.34. The summed E-state index contributed by atoms with van der Waals surface area (Å²) in [7, 11) is 0.